The van der Waals surface area contributed by atoms with Gasteiger partial charge in [-0.1, -0.05) is 41.9 Å². The first-order valence-corrected chi connectivity index (χ1v) is 8.01. The predicted octanol–water partition coefficient (Wildman–Crippen LogP) is 2.78. The van der Waals surface area contributed by atoms with Gasteiger partial charge in [0.05, 0.1) is 6.54 Å². The maximum absolute atomic E-state index is 4.97. The monoisotopic (exact) mass is 441 g/mol. The van der Waals surface area contributed by atoms with E-state index < -0.39 is 0 Å². The molecule has 1 fully saturated rings. The van der Waals surface area contributed by atoms with E-state index in [0.29, 0.717) is 18.3 Å². The lowest BCUT2D eigenvalue weighted by Gasteiger charge is -2.43. The molecule has 0 amide bonds. The second-order valence-electron chi connectivity index (χ2n) is 6.01. The Hall–Kier alpha value is -1.64. The number of hydrogen-bond acceptors (Lipinski definition) is 4. The first-order chi connectivity index (χ1) is 11.2. The topological polar surface area (TPSA) is 75.3 Å². The number of aliphatic imine (C=N–C) groups is 1. The standard InChI is InChI=1S/C17H23N5O.HI/c1-13-21-15(22-23-13)11-19-16(18-2)20-12-17(9-6-10-17)14-7-4-3-5-8-14;/h3-5,7-8H,6,9-12H2,1-2H3,(H2,18,19,20);1H. The van der Waals surface area contributed by atoms with E-state index in [0.717, 1.165) is 12.5 Å². The van der Waals surface area contributed by atoms with Crippen LogP contribution in [0.25, 0.3) is 0 Å². The Morgan fingerprint density at radius 2 is 2.00 bits per heavy atom. The SMILES string of the molecule is CN=C(NCc1noc(C)n1)NCC1(c2ccccc2)CCC1.I. The summed E-state index contributed by atoms with van der Waals surface area (Å²) in [7, 11) is 1.77. The Kier molecular flexibility index (Phi) is 6.59. The molecule has 1 aliphatic carbocycles. The van der Waals surface area contributed by atoms with Crippen LogP contribution in [0.4, 0.5) is 0 Å². The van der Waals surface area contributed by atoms with Gasteiger partial charge >= 0.3 is 0 Å². The highest BCUT2D eigenvalue weighted by molar-refractivity contribution is 14.0. The van der Waals surface area contributed by atoms with Crippen LogP contribution >= 0.6 is 24.0 Å². The minimum atomic E-state index is 0. The van der Waals surface area contributed by atoms with Gasteiger partial charge in [0.1, 0.15) is 0 Å². The molecule has 0 spiro atoms. The minimum Gasteiger partial charge on any atom is -0.356 e. The van der Waals surface area contributed by atoms with Crippen molar-refractivity contribution < 1.29 is 4.52 Å². The molecule has 0 saturated heterocycles. The highest BCUT2D eigenvalue weighted by Gasteiger charge is 2.38. The van der Waals surface area contributed by atoms with Gasteiger partial charge in [-0.2, -0.15) is 4.98 Å². The average molecular weight is 441 g/mol. The zero-order chi connectivity index (χ0) is 16.1. The lowest BCUT2D eigenvalue weighted by Crippen LogP contribution is -2.48. The third-order valence-corrected chi connectivity index (χ3v) is 4.50. The fourth-order valence-electron chi connectivity index (χ4n) is 3.01. The van der Waals surface area contributed by atoms with Crippen molar-refractivity contribution in [1.82, 2.24) is 20.8 Å². The highest BCUT2D eigenvalue weighted by atomic mass is 127. The van der Waals surface area contributed by atoms with Gasteiger partial charge < -0.3 is 15.2 Å². The number of benzene rings is 1. The summed E-state index contributed by atoms with van der Waals surface area (Å²) in [5.41, 5.74) is 1.63. The lowest BCUT2D eigenvalue weighted by molar-refractivity contribution is 0.244. The van der Waals surface area contributed by atoms with E-state index in [1.807, 2.05) is 0 Å². The molecule has 1 aliphatic rings. The third kappa shape index (κ3) is 4.25. The summed E-state index contributed by atoms with van der Waals surface area (Å²) >= 11 is 0. The summed E-state index contributed by atoms with van der Waals surface area (Å²) in [5, 5.41) is 10.5. The molecule has 1 heterocycles. The molecule has 130 valence electrons. The van der Waals surface area contributed by atoms with Crippen LogP contribution in [0.1, 0.15) is 36.5 Å². The van der Waals surface area contributed by atoms with E-state index in [1.54, 1.807) is 14.0 Å². The van der Waals surface area contributed by atoms with Crippen molar-refractivity contribution in [2.45, 2.75) is 38.1 Å². The molecule has 0 unspecified atom stereocenters. The van der Waals surface area contributed by atoms with Crippen LogP contribution in [0.3, 0.4) is 0 Å². The van der Waals surface area contributed by atoms with E-state index in [-0.39, 0.29) is 29.4 Å². The number of aryl methyl sites for hydroxylation is 1. The van der Waals surface area contributed by atoms with Crippen LogP contribution in [0, 0.1) is 6.92 Å². The Morgan fingerprint density at radius 1 is 1.25 bits per heavy atom. The summed E-state index contributed by atoms with van der Waals surface area (Å²) in [6.45, 7) is 3.15. The Balaban J connectivity index is 0.00000208. The van der Waals surface area contributed by atoms with Gasteiger partial charge in [0, 0.05) is 25.9 Å². The molecule has 1 aromatic carbocycles. The van der Waals surface area contributed by atoms with Crippen molar-refractivity contribution in [2.24, 2.45) is 4.99 Å². The number of hydrogen-bond donors (Lipinski definition) is 2. The Bertz CT molecular complexity index is 667. The van der Waals surface area contributed by atoms with Crippen LogP contribution in [0.2, 0.25) is 0 Å². The molecule has 24 heavy (non-hydrogen) atoms. The largest absolute Gasteiger partial charge is 0.356 e. The highest BCUT2D eigenvalue weighted by Crippen LogP contribution is 2.43. The lowest BCUT2D eigenvalue weighted by atomic mass is 9.64. The molecule has 2 aromatic rings. The summed E-state index contributed by atoms with van der Waals surface area (Å²) in [6.07, 6.45) is 3.71. The number of nitrogens with one attached hydrogen (secondary N) is 2. The number of nitrogens with zero attached hydrogens (tertiary/aromatic N) is 3. The Morgan fingerprint density at radius 3 is 2.54 bits per heavy atom. The molecule has 0 radical (unpaired) electrons. The van der Waals surface area contributed by atoms with E-state index in [1.165, 1.54) is 24.8 Å². The van der Waals surface area contributed by atoms with Gasteiger partial charge in [0.25, 0.3) is 0 Å². The molecule has 2 N–H and O–H groups in total. The quantitative estimate of drug-likeness (QED) is 0.424. The zero-order valence-corrected chi connectivity index (χ0v) is 16.4. The van der Waals surface area contributed by atoms with E-state index in [4.69, 9.17) is 4.52 Å². The van der Waals surface area contributed by atoms with Crippen molar-refractivity contribution in [3.8, 4) is 0 Å². The molecule has 1 aromatic heterocycles. The number of halogens is 1. The molecule has 6 nitrogen and oxygen atoms in total. The molecule has 7 heteroatoms. The molecule has 1 saturated carbocycles. The van der Waals surface area contributed by atoms with E-state index in [9.17, 15) is 0 Å². The molecule has 0 aliphatic heterocycles. The molecular formula is C17H24IN5O. The van der Waals surface area contributed by atoms with Crippen LogP contribution in [0.15, 0.2) is 39.8 Å². The first kappa shape index (κ1) is 18.7. The third-order valence-electron chi connectivity index (χ3n) is 4.50. The van der Waals surface area contributed by atoms with Crippen molar-refractivity contribution in [3.63, 3.8) is 0 Å². The van der Waals surface area contributed by atoms with Gasteiger partial charge in [0.2, 0.25) is 5.89 Å². The van der Waals surface area contributed by atoms with Gasteiger partial charge in [-0.05, 0) is 18.4 Å². The van der Waals surface area contributed by atoms with Gasteiger partial charge in [-0.15, -0.1) is 24.0 Å². The number of aromatic nitrogens is 2. The van der Waals surface area contributed by atoms with E-state index >= 15 is 0 Å². The summed E-state index contributed by atoms with van der Waals surface area (Å²) in [5.74, 6) is 1.96. The smallest absolute Gasteiger partial charge is 0.223 e. The van der Waals surface area contributed by atoms with Crippen LogP contribution < -0.4 is 10.6 Å². The normalized spacial score (nSPS) is 16.0. The second-order valence-corrected chi connectivity index (χ2v) is 6.01. The van der Waals surface area contributed by atoms with Crippen LogP contribution in [-0.4, -0.2) is 29.7 Å². The van der Waals surface area contributed by atoms with Crippen molar-refractivity contribution in [2.75, 3.05) is 13.6 Å². The Labute approximate surface area is 159 Å². The maximum atomic E-state index is 4.97. The summed E-state index contributed by atoms with van der Waals surface area (Å²) < 4.78 is 4.97. The molecule has 0 bridgehead atoms. The van der Waals surface area contributed by atoms with Crippen LogP contribution in [-0.2, 0) is 12.0 Å². The first-order valence-electron chi connectivity index (χ1n) is 8.01. The van der Waals surface area contributed by atoms with Gasteiger partial charge in [-0.25, -0.2) is 0 Å². The van der Waals surface area contributed by atoms with E-state index in [2.05, 4.69) is 56.1 Å². The fourth-order valence-corrected chi connectivity index (χ4v) is 3.01. The number of rotatable bonds is 5. The van der Waals surface area contributed by atoms with Gasteiger partial charge in [0.15, 0.2) is 11.8 Å². The maximum Gasteiger partial charge on any atom is 0.223 e. The molecule has 3 rings (SSSR count). The predicted molar refractivity (Wildman–Crippen MR) is 105 cm³/mol. The average Bonchev–Trinajstić information content (AvgIpc) is 2.96. The minimum absolute atomic E-state index is 0. The van der Waals surface area contributed by atoms with Crippen molar-refractivity contribution in [1.29, 1.82) is 0 Å². The second kappa shape index (κ2) is 8.46. The van der Waals surface area contributed by atoms with Gasteiger partial charge in [-0.3, -0.25) is 4.99 Å². The van der Waals surface area contributed by atoms with Crippen molar-refractivity contribution in [3.05, 3.63) is 47.6 Å². The molecule has 0 atom stereocenters. The summed E-state index contributed by atoms with van der Waals surface area (Å²) in [6, 6.07) is 10.7. The zero-order valence-electron chi connectivity index (χ0n) is 14.1. The molecular weight excluding hydrogens is 417 g/mol. The fraction of sp³-hybridized carbons (Fsp3) is 0.471. The summed E-state index contributed by atoms with van der Waals surface area (Å²) in [4.78, 5) is 8.45. The van der Waals surface area contributed by atoms with Crippen LogP contribution in [0.5, 0.6) is 0 Å². The van der Waals surface area contributed by atoms with Crippen molar-refractivity contribution >= 4 is 29.9 Å². The number of guanidine groups is 1.